The van der Waals surface area contributed by atoms with E-state index in [0.29, 0.717) is 17.8 Å². The van der Waals surface area contributed by atoms with Crippen molar-refractivity contribution in [1.82, 2.24) is 20.9 Å². The van der Waals surface area contributed by atoms with Crippen molar-refractivity contribution in [3.05, 3.63) is 59.0 Å². The summed E-state index contributed by atoms with van der Waals surface area (Å²) in [7, 11) is 0. The second-order valence-electron chi connectivity index (χ2n) is 7.05. The standard InChI is InChI=1S/C20H28FN5.ClH/c1-14-8-18(26-20(22)9-14)10-16-12-24-13-19(16)25-7-6-23-11-15-2-4-17(21)5-3-15;/h2-5,8-9,16,19,23-25H,6-7,10-13H2,1H3,(H2,22,26);1H/t16-,19+;/m0./s1. The average molecular weight is 394 g/mol. The first-order valence-electron chi connectivity index (χ1n) is 9.22. The van der Waals surface area contributed by atoms with Crippen LogP contribution in [0.25, 0.3) is 0 Å². The van der Waals surface area contributed by atoms with Crippen LogP contribution in [0.3, 0.4) is 0 Å². The minimum atomic E-state index is -0.194. The van der Waals surface area contributed by atoms with Crippen molar-refractivity contribution >= 4 is 18.2 Å². The zero-order valence-electron chi connectivity index (χ0n) is 15.7. The van der Waals surface area contributed by atoms with Crippen molar-refractivity contribution in [3.63, 3.8) is 0 Å². The molecule has 0 aliphatic carbocycles. The van der Waals surface area contributed by atoms with Crippen molar-refractivity contribution in [2.75, 3.05) is 31.9 Å². The highest BCUT2D eigenvalue weighted by atomic mass is 35.5. The molecule has 0 unspecified atom stereocenters. The maximum atomic E-state index is 12.9. The van der Waals surface area contributed by atoms with Gasteiger partial charge in [-0.15, -0.1) is 12.4 Å². The number of nitrogens with two attached hydrogens (primary N) is 1. The van der Waals surface area contributed by atoms with Crippen molar-refractivity contribution in [3.8, 4) is 0 Å². The average Bonchev–Trinajstić information content (AvgIpc) is 3.02. The van der Waals surface area contributed by atoms with Gasteiger partial charge in [-0.05, 0) is 61.2 Å². The molecule has 3 rings (SSSR count). The maximum absolute atomic E-state index is 12.9. The Morgan fingerprint density at radius 3 is 2.70 bits per heavy atom. The van der Waals surface area contributed by atoms with Crippen LogP contribution in [0, 0.1) is 18.7 Å². The summed E-state index contributed by atoms with van der Waals surface area (Å²) < 4.78 is 12.9. The first-order valence-corrected chi connectivity index (χ1v) is 9.22. The second kappa shape index (κ2) is 10.6. The number of nitrogens with zero attached hydrogens (tertiary/aromatic N) is 1. The van der Waals surface area contributed by atoms with E-state index in [1.807, 2.05) is 18.2 Å². The van der Waals surface area contributed by atoms with Gasteiger partial charge < -0.3 is 21.7 Å². The Balaban J connectivity index is 0.00000261. The molecule has 0 radical (unpaired) electrons. The molecule has 148 valence electrons. The topological polar surface area (TPSA) is 75.0 Å². The highest BCUT2D eigenvalue weighted by Gasteiger charge is 2.26. The number of nitrogen functional groups attached to an aromatic ring is 1. The molecule has 0 saturated carbocycles. The van der Waals surface area contributed by atoms with Crippen LogP contribution in [-0.4, -0.2) is 37.2 Å². The number of halogens is 2. The molecule has 7 heteroatoms. The molecule has 5 nitrogen and oxygen atoms in total. The third kappa shape index (κ3) is 6.74. The molecule has 5 N–H and O–H groups in total. The van der Waals surface area contributed by atoms with E-state index in [-0.39, 0.29) is 18.2 Å². The Labute approximate surface area is 166 Å². The summed E-state index contributed by atoms with van der Waals surface area (Å²) >= 11 is 0. The van der Waals surface area contributed by atoms with Crippen molar-refractivity contribution in [2.45, 2.75) is 25.9 Å². The van der Waals surface area contributed by atoms with E-state index in [9.17, 15) is 4.39 Å². The first kappa shape index (κ1) is 21.6. The second-order valence-corrected chi connectivity index (χ2v) is 7.05. The number of rotatable bonds is 8. The van der Waals surface area contributed by atoms with Crippen molar-refractivity contribution in [2.24, 2.45) is 5.92 Å². The fourth-order valence-electron chi connectivity index (χ4n) is 3.51. The lowest BCUT2D eigenvalue weighted by molar-refractivity contribution is 0.419. The molecule has 2 aromatic rings. The van der Waals surface area contributed by atoms with E-state index in [1.165, 1.54) is 12.1 Å². The van der Waals surface area contributed by atoms with E-state index in [1.54, 1.807) is 0 Å². The smallest absolute Gasteiger partial charge is 0.123 e. The van der Waals surface area contributed by atoms with E-state index < -0.39 is 0 Å². The quantitative estimate of drug-likeness (QED) is 0.516. The predicted octanol–water partition coefficient (Wildman–Crippen LogP) is 2.04. The zero-order chi connectivity index (χ0) is 18.4. The minimum absolute atomic E-state index is 0. The van der Waals surface area contributed by atoms with Gasteiger partial charge in [-0.25, -0.2) is 9.37 Å². The molecule has 0 bridgehead atoms. The van der Waals surface area contributed by atoms with Gasteiger partial charge in [0.25, 0.3) is 0 Å². The molecule has 1 aromatic carbocycles. The molecular weight excluding hydrogens is 365 g/mol. The lowest BCUT2D eigenvalue weighted by Crippen LogP contribution is -2.40. The van der Waals surface area contributed by atoms with Gasteiger partial charge in [0.2, 0.25) is 0 Å². The fraction of sp³-hybridized carbons (Fsp3) is 0.450. The summed E-state index contributed by atoms with van der Waals surface area (Å²) in [6, 6.07) is 11.1. The van der Waals surface area contributed by atoms with Crippen LogP contribution in [0.2, 0.25) is 0 Å². The van der Waals surface area contributed by atoms with Crippen LogP contribution in [0.15, 0.2) is 36.4 Å². The van der Waals surface area contributed by atoms with E-state index >= 15 is 0 Å². The predicted molar refractivity (Wildman–Crippen MR) is 111 cm³/mol. The number of pyridine rings is 1. The lowest BCUT2D eigenvalue weighted by Gasteiger charge is -2.20. The molecule has 2 atom stereocenters. The van der Waals surface area contributed by atoms with Gasteiger partial charge in [0.15, 0.2) is 0 Å². The number of hydrogen-bond acceptors (Lipinski definition) is 5. The molecular formula is C20H29ClFN5. The van der Waals surface area contributed by atoms with Gasteiger partial charge in [-0.1, -0.05) is 12.1 Å². The third-order valence-corrected chi connectivity index (χ3v) is 4.80. The summed E-state index contributed by atoms with van der Waals surface area (Å²) in [6.07, 6.45) is 0.930. The van der Waals surface area contributed by atoms with Crippen LogP contribution in [0.4, 0.5) is 10.2 Å². The Morgan fingerprint density at radius 1 is 1.19 bits per heavy atom. The van der Waals surface area contributed by atoms with Gasteiger partial charge in [-0.3, -0.25) is 0 Å². The Bertz CT molecular complexity index is 690. The molecule has 0 amide bonds. The molecule has 0 spiro atoms. The monoisotopic (exact) mass is 393 g/mol. The van der Waals surface area contributed by atoms with Gasteiger partial charge in [0.05, 0.1) is 0 Å². The Kier molecular flexibility index (Phi) is 8.44. The Hall–Kier alpha value is -1.73. The number of hydrogen-bond donors (Lipinski definition) is 4. The number of aromatic nitrogens is 1. The molecule has 27 heavy (non-hydrogen) atoms. The SMILES string of the molecule is Cc1cc(N)nc(C[C@H]2CNC[C@H]2NCCNCc2ccc(F)cc2)c1.Cl. The Morgan fingerprint density at radius 2 is 1.96 bits per heavy atom. The van der Waals surface area contributed by atoms with Gasteiger partial charge in [0, 0.05) is 37.9 Å². The van der Waals surface area contributed by atoms with Gasteiger partial charge in [-0.2, -0.15) is 0 Å². The van der Waals surface area contributed by atoms with Gasteiger partial charge >= 0.3 is 0 Å². The summed E-state index contributed by atoms with van der Waals surface area (Å²) in [4.78, 5) is 4.46. The highest BCUT2D eigenvalue weighted by molar-refractivity contribution is 5.85. The largest absolute Gasteiger partial charge is 0.384 e. The maximum Gasteiger partial charge on any atom is 0.123 e. The van der Waals surface area contributed by atoms with E-state index in [2.05, 4.69) is 33.9 Å². The summed E-state index contributed by atoms with van der Waals surface area (Å²) in [6.45, 7) is 6.54. The molecule has 1 aromatic heterocycles. The van der Waals surface area contributed by atoms with Crippen LogP contribution in [0.1, 0.15) is 16.8 Å². The number of nitrogens with one attached hydrogen (secondary N) is 3. The normalized spacial score (nSPS) is 19.0. The van der Waals surface area contributed by atoms with E-state index in [0.717, 1.165) is 56.0 Å². The highest BCUT2D eigenvalue weighted by Crippen LogP contribution is 2.17. The molecule has 1 aliphatic rings. The number of benzene rings is 1. The first-order chi connectivity index (χ1) is 12.6. The lowest BCUT2D eigenvalue weighted by atomic mass is 9.97. The fourth-order valence-corrected chi connectivity index (χ4v) is 3.51. The number of aryl methyl sites for hydroxylation is 1. The molecule has 2 heterocycles. The third-order valence-electron chi connectivity index (χ3n) is 4.80. The zero-order valence-corrected chi connectivity index (χ0v) is 16.5. The molecule has 1 fully saturated rings. The summed E-state index contributed by atoms with van der Waals surface area (Å²) in [5.74, 6) is 0.918. The molecule has 1 aliphatic heterocycles. The van der Waals surface area contributed by atoms with Gasteiger partial charge in [0.1, 0.15) is 11.6 Å². The van der Waals surface area contributed by atoms with Crippen LogP contribution in [-0.2, 0) is 13.0 Å². The number of anilines is 1. The van der Waals surface area contributed by atoms with Crippen molar-refractivity contribution < 1.29 is 4.39 Å². The van der Waals surface area contributed by atoms with E-state index in [4.69, 9.17) is 5.73 Å². The van der Waals surface area contributed by atoms with Crippen LogP contribution in [0.5, 0.6) is 0 Å². The minimum Gasteiger partial charge on any atom is -0.384 e. The molecule has 1 saturated heterocycles. The summed E-state index contributed by atoms with van der Waals surface area (Å²) in [5.41, 5.74) is 9.19. The van der Waals surface area contributed by atoms with Crippen molar-refractivity contribution in [1.29, 1.82) is 0 Å². The van der Waals surface area contributed by atoms with Crippen LogP contribution >= 0.6 is 12.4 Å². The van der Waals surface area contributed by atoms with Crippen LogP contribution < -0.4 is 21.7 Å². The summed E-state index contributed by atoms with van der Waals surface area (Å²) in [5, 5.41) is 10.5.